The van der Waals surface area contributed by atoms with Gasteiger partial charge in [-0.25, -0.2) is 4.57 Å². The Morgan fingerprint density at radius 3 is 2.95 bits per heavy atom. The van der Waals surface area contributed by atoms with Gasteiger partial charge in [-0.2, -0.15) is 0 Å². The van der Waals surface area contributed by atoms with E-state index < -0.39 is 0 Å². The summed E-state index contributed by atoms with van der Waals surface area (Å²) in [7, 11) is 0. The number of benzene rings is 1. The van der Waals surface area contributed by atoms with Crippen LogP contribution in [-0.2, 0) is 0 Å². The van der Waals surface area contributed by atoms with Crippen LogP contribution < -0.4 is 0 Å². The van der Waals surface area contributed by atoms with Crippen molar-refractivity contribution in [2.24, 2.45) is 0 Å². The molecule has 0 atom stereocenters. The highest BCUT2D eigenvalue weighted by Crippen LogP contribution is 2.14. The standard InChI is InChI=1S/C14H11N3OS/c1-2-10-19-14-16-15-11-17(14)13(18)9-8-12-6-4-3-5-7-12/h1,3-9,11H,10H2. The molecule has 0 radical (unpaired) electrons. The zero-order valence-corrected chi connectivity index (χ0v) is 10.9. The van der Waals surface area contributed by atoms with Crippen molar-refractivity contribution in [3.05, 3.63) is 48.3 Å². The average molecular weight is 269 g/mol. The third-order valence-electron chi connectivity index (χ3n) is 2.26. The van der Waals surface area contributed by atoms with Crippen molar-refractivity contribution in [3.63, 3.8) is 0 Å². The van der Waals surface area contributed by atoms with Gasteiger partial charge < -0.3 is 0 Å². The van der Waals surface area contributed by atoms with Gasteiger partial charge in [0.25, 0.3) is 5.91 Å². The minimum atomic E-state index is -0.201. The van der Waals surface area contributed by atoms with Gasteiger partial charge in [0.2, 0.25) is 0 Å². The number of carbonyl (C=O) groups excluding carboxylic acids is 1. The van der Waals surface area contributed by atoms with E-state index in [1.54, 1.807) is 6.08 Å². The number of carbonyl (C=O) groups is 1. The van der Waals surface area contributed by atoms with E-state index in [1.807, 2.05) is 30.3 Å². The molecular formula is C14H11N3OS. The second-order valence-electron chi connectivity index (χ2n) is 3.56. The molecule has 1 aromatic heterocycles. The summed E-state index contributed by atoms with van der Waals surface area (Å²) in [6.45, 7) is 0. The molecule has 0 aliphatic rings. The van der Waals surface area contributed by atoms with Crippen LogP contribution in [0.2, 0.25) is 0 Å². The summed E-state index contributed by atoms with van der Waals surface area (Å²) >= 11 is 1.30. The molecule has 2 aromatic rings. The lowest BCUT2D eigenvalue weighted by atomic mass is 10.2. The van der Waals surface area contributed by atoms with Crippen LogP contribution in [0.4, 0.5) is 0 Å². The van der Waals surface area contributed by atoms with Gasteiger partial charge in [-0.15, -0.1) is 16.6 Å². The molecule has 2 rings (SSSR count). The second kappa shape index (κ2) is 6.57. The SMILES string of the molecule is C#CCSc1nncn1C(=O)C=Cc1ccccc1. The topological polar surface area (TPSA) is 47.8 Å². The Kier molecular flexibility index (Phi) is 4.54. The van der Waals surface area contributed by atoms with Crippen molar-refractivity contribution in [1.29, 1.82) is 0 Å². The van der Waals surface area contributed by atoms with Crippen molar-refractivity contribution in [3.8, 4) is 12.3 Å². The van der Waals surface area contributed by atoms with Crippen LogP contribution in [0.3, 0.4) is 0 Å². The third kappa shape index (κ3) is 3.57. The van der Waals surface area contributed by atoms with E-state index in [1.165, 1.54) is 28.7 Å². The maximum Gasteiger partial charge on any atom is 0.258 e. The van der Waals surface area contributed by atoms with Crippen molar-refractivity contribution >= 4 is 23.7 Å². The lowest BCUT2D eigenvalue weighted by Crippen LogP contribution is -2.07. The molecule has 0 N–H and O–H groups in total. The van der Waals surface area contributed by atoms with Crippen molar-refractivity contribution in [2.75, 3.05) is 5.75 Å². The highest BCUT2D eigenvalue weighted by Gasteiger charge is 2.09. The molecule has 0 bridgehead atoms. The predicted molar refractivity (Wildman–Crippen MR) is 75.7 cm³/mol. The molecule has 1 heterocycles. The highest BCUT2D eigenvalue weighted by molar-refractivity contribution is 7.99. The largest absolute Gasteiger partial charge is 0.269 e. The first-order valence-corrected chi connectivity index (χ1v) is 6.53. The van der Waals surface area contributed by atoms with Crippen LogP contribution in [-0.4, -0.2) is 26.4 Å². The third-order valence-corrected chi connectivity index (χ3v) is 3.10. The number of hydrogen-bond acceptors (Lipinski definition) is 4. The molecule has 0 fully saturated rings. The Bertz CT molecular complexity index is 626. The van der Waals surface area contributed by atoms with Crippen molar-refractivity contribution in [2.45, 2.75) is 5.16 Å². The van der Waals surface area contributed by atoms with Crippen LogP contribution in [0.5, 0.6) is 0 Å². The molecule has 0 unspecified atom stereocenters. The number of terminal acetylenes is 1. The lowest BCUT2D eigenvalue weighted by Gasteiger charge is -1.99. The molecule has 0 saturated heterocycles. The van der Waals surface area contributed by atoms with Crippen LogP contribution in [0.25, 0.3) is 6.08 Å². The minimum Gasteiger partial charge on any atom is -0.269 e. The molecule has 0 saturated carbocycles. The molecular weight excluding hydrogens is 258 g/mol. The Labute approximate surface area is 115 Å². The molecule has 19 heavy (non-hydrogen) atoms. The Morgan fingerprint density at radius 1 is 1.42 bits per heavy atom. The van der Waals surface area contributed by atoms with Crippen LogP contribution in [0, 0.1) is 12.3 Å². The summed E-state index contributed by atoms with van der Waals surface area (Å²) < 4.78 is 1.38. The molecule has 4 nitrogen and oxygen atoms in total. The summed E-state index contributed by atoms with van der Waals surface area (Å²) in [4.78, 5) is 12.0. The van der Waals surface area contributed by atoms with Crippen LogP contribution in [0.15, 0.2) is 47.9 Å². The summed E-state index contributed by atoms with van der Waals surface area (Å²) in [6.07, 6.45) is 9.80. The number of aromatic nitrogens is 3. The quantitative estimate of drug-likeness (QED) is 0.485. The van der Waals surface area contributed by atoms with Gasteiger partial charge in [-0.1, -0.05) is 48.0 Å². The average Bonchev–Trinajstić information content (AvgIpc) is 2.92. The first kappa shape index (κ1) is 13.1. The number of nitrogens with zero attached hydrogens (tertiary/aromatic N) is 3. The monoisotopic (exact) mass is 269 g/mol. The van der Waals surface area contributed by atoms with Gasteiger partial charge in [0, 0.05) is 6.08 Å². The molecule has 5 heteroatoms. The molecule has 0 amide bonds. The van der Waals surface area contributed by atoms with E-state index in [2.05, 4.69) is 16.1 Å². The van der Waals surface area contributed by atoms with Crippen molar-refractivity contribution in [1.82, 2.24) is 14.8 Å². The number of rotatable bonds is 4. The zero-order valence-electron chi connectivity index (χ0n) is 10.1. The number of thioether (sulfide) groups is 1. The molecule has 1 aromatic carbocycles. The van der Waals surface area contributed by atoms with E-state index in [9.17, 15) is 4.79 Å². The van der Waals surface area contributed by atoms with E-state index in [4.69, 9.17) is 6.42 Å². The molecule has 0 spiro atoms. The van der Waals surface area contributed by atoms with Gasteiger partial charge in [0.05, 0.1) is 5.75 Å². The Morgan fingerprint density at radius 2 is 2.21 bits per heavy atom. The fourth-order valence-corrected chi connectivity index (χ4v) is 1.99. The lowest BCUT2D eigenvalue weighted by molar-refractivity contribution is 0.0960. The molecule has 0 aliphatic carbocycles. The smallest absolute Gasteiger partial charge is 0.258 e. The summed E-state index contributed by atoms with van der Waals surface area (Å²) in [5, 5.41) is 8.08. The maximum atomic E-state index is 12.0. The second-order valence-corrected chi connectivity index (χ2v) is 4.50. The molecule has 94 valence electrons. The first-order valence-electron chi connectivity index (χ1n) is 5.55. The predicted octanol–water partition coefficient (Wildman–Crippen LogP) is 2.36. The van der Waals surface area contributed by atoms with Crippen LogP contribution in [0.1, 0.15) is 10.4 Å². The van der Waals surface area contributed by atoms with Gasteiger partial charge >= 0.3 is 0 Å². The fourth-order valence-electron chi connectivity index (χ4n) is 1.39. The van der Waals surface area contributed by atoms with E-state index in [0.29, 0.717) is 10.9 Å². The summed E-state index contributed by atoms with van der Waals surface area (Å²) in [5.41, 5.74) is 0.960. The Balaban J connectivity index is 2.10. The van der Waals surface area contributed by atoms with Crippen LogP contribution >= 0.6 is 11.8 Å². The van der Waals surface area contributed by atoms with E-state index in [-0.39, 0.29) is 5.91 Å². The summed E-state index contributed by atoms with van der Waals surface area (Å²) in [5.74, 6) is 2.73. The van der Waals surface area contributed by atoms with E-state index >= 15 is 0 Å². The number of allylic oxidation sites excluding steroid dienone is 1. The number of hydrogen-bond donors (Lipinski definition) is 0. The van der Waals surface area contributed by atoms with Gasteiger partial charge in [-0.3, -0.25) is 4.79 Å². The molecule has 0 aliphatic heterocycles. The highest BCUT2D eigenvalue weighted by atomic mass is 32.2. The van der Waals surface area contributed by atoms with Gasteiger partial charge in [-0.05, 0) is 11.6 Å². The van der Waals surface area contributed by atoms with Gasteiger partial charge in [0.1, 0.15) is 6.33 Å². The van der Waals surface area contributed by atoms with E-state index in [0.717, 1.165) is 5.56 Å². The Hall–Kier alpha value is -2.32. The maximum absolute atomic E-state index is 12.0. The van der Waals surface area contributed by atoms with Gasteiger partial charge in [0.15, 0.2) is 5.16 Å². The fraction of sp³-hybridized carbons (Fsp3) is 0.0714. The summed E-state index contributed by atoms with van der Waals surface area (Å²) in [6, 6.07) is 9.59. The normalized spacial score (nSPS) is 10.5. The zero-order chi connectivity index (χ0) is 13.5. The first-order chi connectivity index (χ1) is 9.31. The minimum absolute atomic E-state index is 0.201. The van der Waals surface area contributed by atoms with Crippen molar-refractivity contribution < 1.29 is 4.79 Å².